The first kappa shape index (κ1) is 26.5. The Balaban J connectivity index is 1.26. The Morgan fingerprint density at radius 3 is 1.96 bits per heavy atom. The number of para-hydroxylation sites is 1. The molecule has 1 aliphatic heterocycles. The average molecular weight is 618 g/mol. The maximum atomic E-state index is 15.8. The van der Waals surface area contributed by atoms with Crippen molar-refractivity contribution in [3.8, 4) is 27.9 Å². The van der Waals surface area contributed by atoms with Gasteiger partial charge in [-0.05, 0) is 74.1 Å². The minimum absolute atomic E-state index is 0.869. The van der Waals surface area contributed by atoms with Crippen molar-refractivity contribution in [2.24, 2.45) is 0 Å². The highest BCUT2D eigenvalue weighted by atomic mass is 31.2. The molecular formula is C44H28NOP. The Labute approximate surface area is 272 Å². The molecule has 0 fully saturated rings. The quantitative estimate of drug-likeness (QED) is 0.181. The highest BCUT2D eigenvalue weighted by Gasteiger charge is 2.42. The summed E-state index contributed by atoms with van der Waals surface area (Å²) in [5.74, 6) is 0. The number of rotatable bonds is 3. The predicted octanol–water partition coefficient (Wildman–Crippen LogP) is 10.4. The molecule has 0 amide bonds. The van der Waals surface area contributed by atoms with Gasteiger partial charge in [-0.1, -0.05) is 140 Å². The summed E-state index contributed by atoms with van der Waals surface area (Å²) >= 11 is 0. The second-order valence-electron chi connectivity index (χ2n) is 12.5. The Morgan fingerprint density at radius 2 is 1.11 bits per heavy atom. The molecule has 0 saturated heterocycles. The number of benzene rings is 8. The van der Waals surface area contributed by atoms with Crippen LogP contribution in [0.15, 0.2) is 170 Å². The van der Waals surface area contributed by atoms with Crippen molar-refractivity contribution in [3.63, 3.8) is 0 Å². The van der Waals surface area contributed by atoms with E-state index < -0.39 is 7.14 Å². The first-order valence-electron chi connectivity index (χ1n) is 16.0. The van der Waals surface area contributed by atoms with Gasteiger partial charge in [-0.2, -0.15) is 0 Å². The van der Waals surface area contributed by atoms with Gasteiger partial charge in [-0.25, -0.2) is 0 Å². The molecule has 0 N–H and O–H groups in total. The molecule has 3 heteroatoms. The standard InChI is InChI=1S/C44H28NOP/c46-47(36-12-2-1-3-13-36)42-17-9-7-15-38(42)40-25-24-39-37-14-6-8-16-41(37)45(43(39)44(40)47)35-23-22-30-19-21-33(27-34(30)28-35)32-20-18-29-10-4-5-11-31(29)26-32/h1-28H. The molecule has 2 heterocycles. The zero-order valence-electron chi connectivity index (χ0n) is 25.5. The summed E-state index contributed by atoms with van der Waals surface area (Å²) in [5, 5.41) is 9.84. The van der Waals surface area contributed by atoms with Gasteiger partial charge in [0.2, 0.25) is 0 Å². The zero-order valence-corrected chi connectivity index (χ0v) is 26.4. The van der Waals surface area contributed by atoms with Gasteiger partial charge in [-0.15, -0.1) is 0 Å². The van der Waals surface area contributed by atoms with Crippen molar-refractivity contribution in [3.05, 3.63) is 170 Å². The van der Waals surface area contributed by atoms with Crippen LogP contribution in [0.2, 0.25) is 0 Å². The van der Waals surface area contributed by atoms with Gasteiger partial charge in [0.05, 0.1) is 16.3 Å². The van der Waals surface area contributed by atoms with Crippen LogP contribution in [0.3, 0.4) is 0 Å². The molecule has 2 nitrogen and oxygen atoms in total. The molecule has 0 saturated carbocycles. The van der Waals surface area contributed by atoms with Crippen molar-refractivity contribution in [2.45, 2.75) is 0 Å². The summed E-state index contributed by atoms with van der Waals surface area (Å²) in [4.78, 5) is 0. The molecule has 1 unspecified atom stereocenters. The Bertz CT molecular complexity index is 2770. The second kappa shape index (κ2) is 9.90. The molecule has 1 aliphatic rings. The molecule has 9 aromatic rings. The highest BCUT2D eigenvalue weighted by molar-refractivity contribution is 7.86. The van der Waals surface area contributed by atoms with Crippen LogP contribution in [0.25, 0.3) is 71.3 Å². The Hall–Kier alpha value is -5.69. The molecule has 1 aromatic heterocycles. The Kier molecular flexibility index (Phi) is 5.59. The maximum Gasteiger partial charge on any atom is 0.174 e. The van der Waals surface area contributed by atoms with Gasteiger partial charge in [0.25, 0.3) is 0 Å². The van der Waals surface area contributed by atoms with Crippen LogP contribution in [0.1, 0.15) is 0 Å². The maximum absolute atomic E-state index is 15.8. The molecule has 1 atom stereocenters. The lowest BCUT2D eigenvalue weighted by Crippen LogP contribution is -2.22. The lowest BCUT2D eigenvalue weighted by Gasteiger charge is -2.19. The Morgan fingerprint density at radius 1 is 0.447 bits per heavy atom. The monoisotopic (exact) mass is 617 g/mol. The van der Waals surface area contributed by atoms with Gasteiger partial charge in [-0.3, -0.25) is 0 Å². The van der Waals surface area contributed by atoms with E-state index in [0.717, 1.165) is 54.5 Å². The predicted molar refractivity (Wildman–Crippen MR) is 200 cm³/mol. The van der Waals surface area contributed by atoms with Crippen LogP contribution in [0, 0.1) is 0 Å². The van der Waals surface area contributed by atoms with E-state index in [1.807, 2.05) is 36.4 Å². The van der Waals surface area contributed by atoms with Crippen molar-refractivity contribution in [2.75, 3.05) is 0 Å². The average Bonchev–Trinajstić information content (AvgIpc) is 3.61. The van der Waals surface area contributed by atoms with Gasteiger partial charge >= 0.3 is 0 Å². The minimum Gasteiger partial charge on any atom is -0.309 e. The van der Waals surface area contributed by atoms with E-state index in [4.69, 9.17) is 0 Å². The van der Waals surface area contributed by atoms with E-state index in [1.54, 1.807) is 0 Å². The van der Waals surface area contributed by atoms with Gasteiger partial charge in [0.15, 0.2) is 7.14 Å². The fourth-order valence-corrected chi connectivity index (χ4v) is 11.0. The minimum atomic E-state index is -3.19. The lowest BCUT2D eigenvalue weighted by molar-refractivity contribution is 0.593. The number of nitrogens with zero attached hydrogens (tertiary/aromatic N) is 1. The van der Waals surface area contributed by atoms with Gasteiger partial charge in [0.1, 0.15) is 0 Å². The molecule has 47 heavy (non-hydrogen) atoms. The van der Waals surface area contributed by atoms with E-state index in [9.17, 15) is 0 Å². The number of fused-ring (bicyclic) bond motifs is 9. The fraction of sp³-hybridized carbons (Fsp3) is 0. The summed E-state index contributed by atoms with van der Waals surface area (Å²) < 4.78 is 18.2. The second-order valence-corrected chi connectivity index (χ2v) is 15.1. The molecule has 0 radical (unpaired) electrons. The van der Waals surface area contributed by atoms with Gasteiger partial charge in [0, 0.05) is 27.1 Å². The number of hydrogen-bond donors (Lipinski definition) is 0. The first-order valence-corrected chi connectivity index (χ1v) is 17.7. The summed E-state index contributed by atoms with van der Waals surface area (Å²) in [6.07, 6.45) is 0. The van der Waals surface area contributed by atoms with E-state index >= 15 is 4.57 Å². The molecular weight excluding hydrogens is 589 g/mol. The van der Waals surface area contributed by atoms with Crippen molar-refractivity contribution in [1.82, 2.24) is 4.57 Å². The molecule has 0 bridgehead atoms. The largest absolute Gasteiger partial charge is 0.309 e. The van der Waals surface area contributed by atoms with Crippen molar-refractivity contribution >= 4 is 66.4 Å². The van der Waals surface area contributed by atoms with E-state index in [0.29, 0.717) is 0 Å². The van der Waals surface area contributed by atoms with Crippen LogP contribution in [0.4, 0.5) is 0 Å². The summed E-state index contributed by atoms with van der Waals surface area (Å²) in [6, 6.07) is 59.9. The van der Waals surface area contributed by atoms with Crippen molar-refractivity contribution in [1.29, 1.82) is 0 Å². The third kappa shape index (κ3) is 3.77. The third-order valence-electron chi connectivity index (χ3n) is 9.94. The molecule has 0 spiro atoms. The normalized spacial score (nSPS) is 15.4. The van der Waals surface area contributed by atoms with Crippen LogP contribution >= 0.6 is 7.14 Å². The summed E-state index contributed by atoms with van der Waals surface area (Å²) in [5.41, 5.74) is 7.70. The lowest BCUT2D eigenvalue weighted by atomic mass is 9.98. The number of hydrogen-bond acceptors (Lipinski definition) is 1. The van der Waals surface area contributed by atoms with Crippen LogP contribution < -0.4 is 15.9 Å². The van der Waals surface area contributed by atoms with E-state index in [2.05, 4.69) is 138 Å². The van der Waals surface area contributed by atoms with Crippen LogP contribution in [0.5, 0.6) is 0 Å². The van der Waals surface area contributed by atoms with E-state index in [1.165, 1.54) is 32.7 Å². The molecule has 220 valence electrons. The van der Waals surface area contributed by atoms with Crippen molar-refractivity contribution < 1.29 is 4.57 Å². The zero-order chi connectivity index (χ0) is 31.1. The first-order chi connectivity index (χ1) is 23.2. The topological polar surface area (TPSA) is 22.0 Å². The molecule has 8 aromatic carbocycles. The summed E-state index contributed by atoms with van der Waals surface area (Å²) in [6.45, 7) is 0. The fourth-order valence-electron chi connectivity index (χ4n) is 7.77. The van der Waals surface area contributed by atoms with Crippen LogP contribution in [-0.4, -0.2) is 4.57 Å². The smallest absolute Gasteiger partial charge is 0.174 e. The molecule has 10 rings (SSSR count). The summed E-state index contributed by atoms with van der Waals surface area (Å²) in [7, 11) is -3.19. The SMILES string of the molecule is O=P1(c2ccccc2)c2ccccc2-c2ccc3c4ccccc4n(-c4ccc5ccc(-c6ccc7ccccc7c6)cc5c4)c3c21. The number of aromatic nitrogens is 1. The van der Waals surface area contributed by atoms with Crippen LogP contribution in [-0.2, 0) is 4.57 Å². The highest BCUT2D eigenvalue weighted by Crippen LogP contribution is 2.54. The van der Waals surface area contributed by atoms with E-state index in [-0.39, 0.29) is 0 Å². The molecule has 0 aliphatic carbocycles. The van der Waals surface area contributed by atoms with Gasteiger partial charge < -0.3 is 9.13 Å². The third-order valence-corrected chi connectivity index (χ3v) is 13.1.